The number of aliphatic imine (C=N–C) groups is 1. The Kier molecular flexibility index (Phi) is 7.78. The van der Waals surface area contributed by atoms with Crippen LogP contribution < -0.4 is 20.7 Å². The fourth-order valence-electron chi connectivity index (χ4n) is 2.10. The van der Waals surface area contributed by atoms with E-state index in [4.69, 9.17) is 4.74 Å². The first-order chi connectivity index (χ1) is 12.2. The minimum Gasteiger partial charge on any atom is -0.492 e. The zero-order chi connectivity index (χ0) is 17.9. The smallest absolute Gasteiger partial charge is 0.221 e. The van der Waals surface area contributed by atoms with E-state index in [1.165, 1.54) is 12.5 Å². The molecule has 0 fully saturated rings. The van der Waals surface area contributed by atoms with Crippen LogP contribution in [0.1, 0.15) is 19.4 Å². The second-order valence-electron chi connectivity index (χ2n) is 5.31. The standard InChI is InChI=1S/C18H24N4O2S/c1-3-19-18(21-12-15-7-10-25-13-15)20-8-9-24-17-6-4-5-16(11-17)22-14(2)23/h4-7,10-11,13H,3,8-9,12H2,1-2H3,(H,22,23)(H2,19,20,21). The number of carbonyl (C=O) groups is 1. The van der Waals surface area contributed by atoms with Crippen LogP contribution >= 0.6 is 11.3 Å². The predicted octanol–water partition coefficient (Wildman–Crippen LogP) is 2.84. The molecule has 1 heterocycles. The van der Waals surface area contributed by atoms with Crippen molar-refractivity contribution in [3.8, 4) is 5.75 Å². The third-order valence-electron chi connectivity index (χ3n) is 3.16. The Bertz CT molecular complexity index is 686. The summed E-state index contributed by atoms with van der Waals surface area (Å²) in [5, 5.41) is 13.3. The summed E-state index contributed by atoms with van der Waals surface area (Å²) < 4.78 is 5.71. The molecule has 0 aliphatic carbocycles. The van der Waals surface area contributed by atoms with Crippen LogP contribution in [-0.2, 0) is 11.3 Å². The number of ether oxygens (including phenoxy) is 1. The van der Waals surface area contributed by atoms with Crippen LogP contribution in [0, 0.1) is 0 Å². The molecule has 0 saturated carbocycles. The largest absolute Gasteiger partial charge is 0.492 e. The van der Waals surface area contributed by atoms with Crippen LogP contribution in [-0.4, -0.2) is 31.6 Å². The number of rotatable bonds is 8. The minimum atomic E-state index is -0.101. The molecule has 0 bridgehead atoms. The average molecular weight is 360 g/mol. The van der Waals surface area contributed by atoms with Gasteiger partial charge in [0.1, 0.15) is 12.4 Å². The van der Waals surface area contributed by atoms with Crippen LogP contribution in [0.25, 0.3) is 0 Å². The maximum Gasteiger partial charge on any atom is 0.221 e. The number of hydrogen-bond acceptors (Lipinski definition) is 4. The number of guanidine groups is 1. The van der Waals surface area contributed by atoms with Gasteiger partial charge in [0.15, 0.2) is 5.96 Å². The SMILES string of the molecule is CCNC(=NCc1ccsc1)NCCOc1cccc(NC(C)=O)c1. The molecule has 1 aromatic heterocycles. The van der Waals surface area contributed by atoms with Crippen LogP contribution in [0.3, 0.4) is 0 Å². The number of thiophene rings is 1. The number of hydrogen-bond donors (Lipinski definition) is 3. The molecule has 2 aromatic rings. The van der Waals surface area contributed by atoms with Crippen LogP contribution in [0.4, 0.5) is 5.69 Å². The molecule has 0 atom stereocenters. The number of anilines is 1. The van der Waals surface area contributed by atoms with Gasteiger partial charge in [-0.05, 0) is 41.4 Å². The van der Waals surface area contributed by atoms with Crippen molar-refractivity contribution < 1.29 is 9.53 Å². The highest BCUT2D eigenvalue weighted by molar-refractivity contribution is 7.07. The quantitative estimate of drug-likeness (QED) is 0.384. The van der Waals surface area contributed by atoms with E-state index in [1.54, 1.807) is 17.4 Å². The van der Waals surface area contributed by atoms with Gasteiger partial charge >= 0.3 is 0 Å². The molecule has 6 nitrogen and oxygen atoms in total. The number of amides is 1. The lowest BCUT2D eigenvalue weighted by Crippen LogP contribution is -2.39. The van der Waals surface area contributed by atoms with E-state index in [2.05, 4.69) is 32.4 Å². The van der Waals surface area contributed by atoms with Crippen molar-refractivity contribution in [3.05, 3.63) is 46.7 Å². The van der Waals surface area contributed by atoms with Gasteiger partial charge in [-0.2, -0.15) is 11.3 Å². The molecule has 2 rings (SSSR count). The fraction of sp³-hybridized carbons (Fsp3) is 0.333. The number of carbonyl (C=O) groups excluding carboxylic acids is 1. The first-order valence-electron chi connectivity index (χ1n) is 8.21. The molecule has 0 radical (unpaired) electrons. The summed E-state index contributed by atoms with van der Waals surface area (Å²) in [6.07, 6.45) is 0. The van der Waals surface area contributed by atoms with Gasteiger partial charge in [-0.3, -0.25) is 4.79 Å². The van der Waals surface area contributed by atoms with E-state index in [0.29, 0.717) is 25.4 Å². The maximum absolute atomic E-state index is 11.1. The molecule has 25 heavy (non-hydrogen) atoms. The Labute approximate surface area is 152 Å². The molecule has 0 unspecified atom stereocenters. The van der Waals surface area contributed by atoms with Crippen molar-refractivity contribution >= 4 is 28.9 Å². The van der Waals surface area contributed by atoms with Crippen molar-refractivity contribution in [3.63, 3.8) is 0 Å². The lowest BCUT2D eigenvalue weighted by atomic mass is 10.3. The van der Waals surface area contributed by atoms with Gasteiger partial charge in [0, 0.05) is 25.2 Å². The normalized spacial score (nSPS) is 11.0. The Balaban J connectivity index is 1.77. The molecule has 134 valence electrons. The maximum atomic E-state index is 11.1. The van der Waals surface area contributed by atoms with Crippen LogP contribution in [0.15, 0.2) is 46.1 Å². The summed E-state index contributed by atoms with van der Waals surface area (Å²) in [4.78, 5) is 15.6. The van der Waals surface area contributed by atoms with Gasteiger partial charge in [-0.25, -0.2) is 4.99 Å². The third-order valence-corrected chi connectivity index (χ3v) is 3.89. The van der Waals surface area contributed by atoms with Gasteiger partial charge in [0.25, 0.3) is 0 Å². The molecule has 7 heteroatoms. The van der Waals surface area contributed by atoms with Gasteiger partial charge < -0.3 is 20.7 Å². The predicted molar refractivity (Wildman–Crippen MR) is 103 cm³/mol. The van der Waals surface area contributed by atoms with E-state index in [0.717, 1.165) is 18.2 Å². The molecule has 0 spiro atoms. The van der Waals surface area contributed by atoms with Gasteiger partial charge in [0.2, 0.25) is 5.91 Å². The Hall–Kier alpha value is -2.54. The molecular weight excluding hydrogens is 336 g/mol. The van der Waals surface area contributed by atoms with Gasteiger partial charge in [-0.15, -0.1) is 0 Å². The van der Waals surface area contributed by atoms with E-state index in [-0.39, 0.29) is 5.91 Å². The van der Waals surface area contributed by atoms with Gasteiger partial charge in [0.05, 0.1) is 13.1 Å². The third kappa shape index (κ3) is 7.26. The zero-order valence-electron chi connectivity index (χ0n) is 14.5. The summed E-state index contributed by atoms with van der Waals surface area (Å²) in [7, 11) is 0. The van der Waals surface area contributed by atoms with E-state index in [9.17, 15) is 4.79 Å². The summed E-state index contributed by atoms with van der Waals surface area (Å²) in [5.74, 6) is 1.38. The van der Waals surface area contributed by atoms with Crippen molar-refractivity contribution in [2.75, 3.05) is 25.0 Å². The van der Waals surface area contributed by atoms with Crippen LogP contribution in [0.2, 0.25) is 0 Å². The summed E-state index contributed by atoms with van der Waals surface area (Å²) in [5.41, 5.74) is 1.93. The van der Waals surface area contributed by atoms with Crippen molar-refractivity contribution in [2.45, 2.75) is 20.4 Å². The molecule has 1 amide bonds. The first kappa shape index (κ1) is 18.8. The topological polar surface area (TPSA) is 74.8 Å². The highest BCUT2D eigenvalue weighted by Crippen LogP contribution is 2.17. The fourth-order valence-corrected chi connectivity index (χ4v) is 2.76. The molecular formula is C18H24N4O2S. The van der Waals surface area contributed by atoms with Crippen LogP contribution in [0.5, 0.6) is 5.75 Å². The Morgan fingerprint density at radius 1 is 1.28 bits per heavy atom. The number of benzene rings is 1. The molecule has 0 saturated heterocycles. The first-order valence-corrected chi connectivity index (χ1v) is 9.15. The van der Waals surface area contributed by atoms with Crippen molar-refractivity contribution in [1.29, 1.82) is 0 Å². The lowest BCUT2D eigenvalue weighted by molar-refractivity contribution is -0.114. The monoisotopic (exact) mass is 360 g/mol. The molecule has 0 aliphatic rings. The summed E-state index contributed by atoms with van der Waals surface area (Å²) in [6.45, 7) is 6.08. The Morgan fingerprint density at radius 3 is 2.88 bits per heavy atom. The highest BCUT2D eigenvalue weighted by atomic mass is 32.1. The molecule has 0 aliphatic heterocycles. The number of nitrogens with one attached hydrogen (secondary N) is 3. The Morgan fingerprint density at radius 2 is 2.16 bits per heavy atom. The zero-order valence-corrected chi connectivity index (χ0v) is 15.4. The van der Waals surface area contributed by atoms with Crippen molar-refractivity contribution in [2.24, 2.45) is 4.99 Å². The average Bonchev–Trinajstić information content (AvgIpc) is 3.09. The summed E-state index contributed by atoms with van der Waals surface area (Å²) >= 11 is 1.67. The second kappa shape index (κ2) is 10.4. The van der Waals surface area contributed by atoms with E-state index in [1.807, 2.05) is 30.5 Å². The summed E-state index contributed by atoms with van der Waals surface area (Å²) in [6, 6.07) is 9.41. The van der Waals surface area contributed by atoms with E-state index < -0.39 is 0 Å². The van der Waals surface area contributed by atoms with Crippen molar-refractivity contribution in [1.82, 2.24) is 10.6 Å². The minimum absolute atomic E-state index is 0.101. The molecule has 3 N–H and O–H groups in total. The highest BCUT2D eigenvalue weighted by Gasteiger charge is 2.00. The lowest BCUT2D eigenvalue weighted by Gasteiger charge is -2.12. The number of nitrogens with zero attached hydrogens (tertiary/aromatic N) is 1. The molecule has 1 aromatic carbocycles. The van der Waals surface area contributed by atoms with Gasteiger partial charge in [-0.1, -0.05) is 6.07 Å². The van der Waals surface area contributed by atoms with E-state index >= 15 is 0 Å². The second-order valence-corrected chi connectivity index (χ2v) is 6.09.